The summed E-state index contributed by atoms with van der Waals surface area (Å²) >= 11 is 0. The van der Waals surface area contributed by atoms with Crippen LogP contribution in [-0.4, -0.2) is 60.6 Å². The van der Waals surface area contributed by atoms with E-state index in [0.29, 0.717) is 38.5 Å². The lowest BCUT2D eigenvalue weighted by molar-refractivity contribution is -0.155. The Kier molecular flexibility index (Phi) is 16.9. The van der Waals surface area contributed by atoms with Gasteiger partial charge in [0, 0.05) is 6.04 Å². The standard InChI is InChI=1S/C37H60N2O5/c1-4-6-8-10-12-17-26-43-36(41)32(30-20-15-14-16-21-30)24-25-38-29(3)35(40)39-33-23-19-22-31(33)28-34(39)37(42)44-27-18-13-11-9-7-5-2/h14-16,20-21,29,31-34,38H,4-13,17-19,22-28H2,1-3H3/t29-,31-,32?,33-,34-/m0/s1. The number of unbranched alkanes of at least 4 members (excludes halogenated alkanes) is 10. The molecule has 1 saturated heterocycles. The largest absolute Gasteiger partial charge is 0.465 e. The number of fused-ring (bicyclic) bond motifs is 1. The number of nitrogens with one attached hydrogen (secondary N) is 1. The Morgan fingerprint density at radius 1 is 0.841 bits per heavy atom. The Morgan fingerprint density at radius 3 is 2.11 bits per heavy atom. The van der Waals surface area contributed by atoms with Crippen LogP contribution in [0.1, 0.15) is 141 Å². The van der Waals surface area contributed by atoms with Gasteiger partial charge in [0.15, 0.2) is 0 Å². The number of carbonyl (C=O) groups excluding carboxylic acids is 3. The minimum Gasteiger partial charge on any atom is -0.465 e. The molecular formula is C37H60N2O5. The van der Waals surface area contributed by atoms with Crippen molar-refractivity contribution < 1.29 is 23.9 Å². The number of amides is 1. The van der Waals surface area contributed by atoms with Crippen LogP contribution < -0.4 is 5.32 Å². The molecule has 1 aliphatic heterocycles. The summed E-state index contributed by atoms with van der Waals surface area (Å²) in [6, 6.07) is 8.94. The molecule has 0 bridgehead atoms. The monoisotopic (exact) mass is 612 g/mol. The third-order valence-corrected chi connectivity index (χ3v) is 9.59. The van der Waals surface area contributed by atoms with E-state index in [1.807, 2.05) is 42.2 Å². The van der Waals surface area contributed by atoms with Crippen LogP contribution in [0.2, 0.25) is 0 Å². The van der Waals surface area contributed by atoms with Crippen LogP contribution in [0.3, 0.4) is 0 Å². The summed E-state index contributed by atoms with van der Waals surface area (Å²) in [5.74, 6) is -0.496. The van der Waals surface area contributed by atoms with Crippen molar-refractivity contribution in [3.63, 3.8) is 0 Å². The molecule has 1 aromatic rings. The smallest absolute Gasteiger partial charge is 0.328 e. The minimum absolute atomic E-state index is 0.0390. The molecule has 1 saturated carbocycles. The summed E-state index contributed by atoms with van der Waals surface area (Å²) in [6.07, 6.45) is 18.0. The first kappa shape index (κ1) is 36.1. The highest BCUT2D eigenvalue weighted by molar-refractivity contribution is 5.88. The summed E-state index contributed by atoms with van der Waals surface area (Å²) in [7, 11) is 0. The Balaban J connectivity index is 1.50. The average Bonchev–Trinajstić information content (AvgIpc) is 3.64. The Morgan fingerprint density at radius 2 is 1.45 bits per heavy atom. The molecule has 1 unspecified atom stereocenters. The highest BCUT2D eigenvalue weighted by Crippen LogP contribution is 2.42. The molecule has 1 aliphatic carbocycles. The van der Waals surface area contributed by atoms with Gasteiger partial charge in [-0.2, -0.15) is 0 Å². The van der Waals surface area contributed by atoms with Crippen LogP contribution in [0.4, 0.5) is 0 Å². The topological polar surface area (TPSA) is 84.9 Å². The predicted octanol–water partition coefficient (Wildman–Crippen LogP) is 7.72. The molecule has 7 heteroatoms. The molecule has 1 aromatic carbocycles. The van der Waals surface area contributed by atoms with Crippen molar-refractivity contribution in [2.45, 2.75) is 154 Å². The van der Waals surface area contributed by atoms with Gasteiger partial charge in [-0.1, -0.05) is 115 Å². The second-order valence-electron chi connectivity index (χ2n) is 13.1. The van der Waals surface area contributed by atoms with Crippen LogP contribution in [0.15, 0.2) is 30.3 Å². The maximum absolute atomic E-state index is 13.8. The number of hydrogen-bond acceptors (Lipinski definition) is 6. The van der Waals surface area contributed by atoms with Crippen LogP contribution in [-0.2, 0) is 23.9 Å². The van der Waals surface area contributed by atoms with Gasteiger partial charge in [0.05, 0.1) is 25.2 Å². The summed E-state index contributed by atoms with van der Waals surface area (Å²) < 4.78 is 11.4. The maximum atomic E-state index is 13.8. The summed E-state index contributed by atoms with van der Waals surface area (Å²) in [5.41, 5.74) is 0.933. The molecule has 248 valence electrons. The zero-order valence-corrected chi connectivity index (χ0v) is 27.9. The fourth-order valence-electron chi connectivity index (χ4n) is 6.98. The zero-order chi connectivity index (χ0) is 31.6. The molecule has 44 heavy (non-hydrogen) atoms. The molecule has 1 amide bonds. The van der Waals surface area contributed by atoms with E-state index in [9.17, 15) is 14.4 Å². The van der Waals surface area contributed by atoms with Gasteiger partial charge >= 0.3 is 11.9 Å². The molecule has 0 aromatic heterocycles. The number of likely N-dealkylation sites (tertiary alicyclic amines) is 1. The molecule has 3 rings (SSSR count). The molecule has 5 atom stereocenters. The third kappa shape index (κ3) is 11.5. The van der Waals surface area contributed by atoms with E-state index in [2.05, 4.69) is 19.2 Å². The summed E-state index contributed by atoms with van der Waals surface area (Å²) in [6.45, 7) is 7.66. The van der Waals surface area contributed by atoms with Crippen LogP contribution in [0.5, 0.6) is 0 Å². The molecule has 1 heterocycles. The first-order valence-corrected chi connectivity index (χ1v) is 17.9. The number of hydrogen-bond donors (Lipinski definition) is 1. The van der Waals surface area contributed by atoms with E-state index >= 15 is 0 Å². The molecule has 0 spiro atoms. The predicted molar refractivity (Wildman–Crippen MR) is 176 cm³/mol. The maximum Gasteiger partial charge on any atom is 0.328 e. The van der Waals surface area contributed by atoms with Crippen LogP contribution in [0.25, 0.3) is 0 Å². The lowest BCUT2D eigenvalue weighted by Crippen LogP contribution is -2.52. The quantitative estimate of drug-likeness (QED) is 0.107. The van der Waals surface area contributed by atoms with E-state index in [-0.39, 0.29) is 29.8 Å². The molecule has 1 N–H and O–H groups in total. The van der Waals surface area contributed by atoms with Gasteiger partial charge < -0.3 is 19.7 Å². The average molecular weight is 613 g/mol. The number of benzene rings is 1. The van der Waals surface area contributed by atoms with Crippen molar-refractivity contribution in [3.05, 3.63) is 35.9 Å². The van der Waals surface area contributed by atoms with Gasteiger partial charge in [-0.25, -0.2) is 4.79 Å². The van der Waals surface area contributed by atoms with Gasteiger partial charge in [-0.15, -0.1) is 0 Å². The van der Waals surface area contributed by atoms with Crippen LogP contribution >= 0.6 is 0 Å². The Bertz CT molecular complexity index is 970. The first-order chi connectivity index (χ1) is 21.5. The zero-order valence-electron chi connectivity index (χ0n) is 27.9. The van der Waals surface area contributed by atoms with Gasteiger partial charge in [0.2, 0.25) is 5.91 Å². The van der Waals surface area contributed by atoms with Crippen LogP contribution in [0, 0.1) is 5.92 Å². The summed E-state index contributed by atoms with van der Waals surface area (Å²) in [5, 5.41) is 3.38. The SMILES string of the molecule is CCCCCCCCOC(=O)C(CCN[C@@H](C)C(=O)N1[C@H](C(=O)OCCCCCCCC)C[C@@H]2CCC[C@@H]21)c1ccccc1. The second kappa shape index (κ2) is 20.6. The second-order valence-corrected chi connectivity index (χ2v) is 13.1. The molecule has 7 nitrogen and oxygen atoms in total. The van der Waals surface area contributed by atoms with Gasteiger partial charge in [0.1, 0.15) is 6.04 Å². The lowest BCUT2D eigenvalue weighted by Gasteiger charge is -2.31. The van der Waals surface area contributed by atoms with Gasteiger partial charge in [-0.3, -0.25) is 9.59 Å². The van der Waals surface area contributed by atoms with Crippen molar-refractivity contribution in [3.8, 4) is 0 Å². The fourth-order valence-corrected chi connectivity index (χ4v) is 6.98. The number of rotatable bonds is 22. The molecular weight excluding hydrogens is 552 g/mol. The van der Waals surface area contributed by atoms with E-state index < -0.39 is 12.1 Å². The van der Waals surface area contributed by atoms with E-state index in [1.165, 1.54) is 51.4 Å². The van der Waals surface area contributed by atoms with Gasteiger partial charge in [0.25, 0.3) is 0 Å². The highest BCUT2D eigenvalue weighted by Gasteiger charge is 2.50. The lowest BCUT2D eigenvalue weighted by atomic mass is 9.95. The fraction of sp³-hybridized carbons (Fsp3) is 0.757. The van der Waals surface area contributed by atoms with E-state index in [0.717, 1.165) is 50.5 Å². The molecule has 2 fully saturated rings. The van der Waals surface area contributed by atoms with Gasteiger partial charge in [-0.05, 0) is 63.5 Å². The number of ether oxygens (including phenoxy) is 2. The Labute approximate surface area is 267 Å². The Hall–Kier alpha value is -2.41. The van der Waals surface area contributed by atoms with E-state index in [4.69, 9.17) is 9.47 Å². The molecule has 2 aliphatic rings. The van der Waals surface area contributed by atoms with Crippen molar-refractivity contribution in [2.75, 3.05) is 19.8 Å². The molecule has 0 radical (unpaired) electrons. The highest BCUT2D eigenvalue weighted by atomic mass is 16.5. The third-order valence-electron chi connectivity index (χ3n) is 9.59. The first-order valence-electron chi connectivity index (χ1n) is 17.9. The number of esters is 2. The van der Waals surface area contributed by atoms with Crippen molar-refractivity contribution >= 4 is 17.8 Å². The summed E-state index contributed by atoms with van der Waals surface area (Å²) in [4.78, 5) is 41.9. The van der Waals surface area contributed by atoms with Crippen molar-refractivity contribution in [2.24, 2.45) is 5.92 Å². The number of carbonyl (C=O) groups is 3. The minimum atomic E-state index is -0.490. The number of nitrogens with zero attached hydrogens (tertiary/aromatic N) is 1. The van der Waals surface area contributed by atoms with Crippen molar-refractivity contribution in [1.82, 2.24) is 10.2 Å². The normalized spacial score (nSPS) is 20.7. The van der Waals surface area contributed by atoms with E-state index in [1.54, 1.807) is 0 Å². The van der Waals surface area contributed by atoms with Crippen molar-refractivity contribution in [1.29, 1.82) is 0 Å².